The van der Waals surface area contributed by atoms with Crippen molar-refractivity contribution in [3.05, 3.63) is 56.7 Å². The van der Waals surface area contributed by atoms with Gasteiger partial charge in [0.2, 0.25) is 0 Å². The van der Waals surface area contributed by atoms with E-state index in [2.05, 4.69) is 0 Å². The zero-order valence-corrected chi connectivity index (χ0v) is 10.8. The molecule has 0 amide bonds. The van der Waals surface area contributed by atoms with Gasteiger partial charge in [-0.25, -0.2) is 0 Å². The molecule has 0 N–H and O–H groups in total. The maximum Gasteiger partial charge on any atom is 0.266 e. The van der Waals surface area contributed by atoms with Crippen LogP contribution in [-0.2, 0) is 6.54 Å². The van der Waals surface area contributed by atoms with Crippen molar-refractivity contribution in [3.63, 3.8) is 0 Å². The molecule has 0 saturated carbocycles. The van der Waals surface area contributed by atoms with Gasteiger partial charge in [0.1, 0.15) is 11.1 Å². The number of para-hydroxylation sites is 1. The lowest BCUT2D eigenvalue weighted by molar-refractivity contribution is 0.566. The molecule has 96 valence electrons. The van der Waals surface area contributed by atoms with Crippen molar-refractivity contribution >= 4 is 21.9 Å². The second-order valence-corrected chi connectivity index (χ2v) is 4.49. The van der Waals surface area contributed by atoms with Crippen molar-refractivity contribution in [3.8, 4) is 0 Å². The lowest BCUT2D eigenvalue weighted by Crippen LogP contribution is -2.24. The Bertz CT molecular complexity index is 903. The van der Waals surface area contributed by atoms with Gasteiger partial charge in [-0.05, 0) is 26.0 Å². The summed E-state index contributed by atoms with van der Waals surface area (Å²) in [5.74, 6) is 0.510. The van der Waals surface area contributed by atoms with Crippen LogP contribution in [0.2, 0.25) is 0 Å². The number of aryl methyl sites for hydroxylation is 2. The normalized spacial score (nSPS) is 11.3. The first-order valence-corrected chi connectivity index (χ1v) is 6.19. The summed E-state index contributed by atoms with van der Waals surface area (Å²) in [7, 11) is 0. The molecule has 3 aromatic rings. The number of rotatable bonds is 1. The SMILES string of the molecule is CCn1c(=O)c2c(=O)cc(C)oc2c2ccccc21. The highest BCUT2D eigenvalue weighted by atomic mass is 16.3. The number of pyridine rings is 1. The van der Waals surface area contributed by atoms with Crippen molar-refractivity contribution in [2.45, 2.75) is 20.4 Å². The van der Waals surface area contributed by atoms with Crippen LogP contribution in [0.5, 0.6) is 0 Å². The third kappa shape index (κ3) is 1.60. The average molecular weight is 255 g/mol. The quantitative estimate of drug-likeness (QED) is 0.627. The lowest BCUT2D eigenvalue weighted by Gasteiger charge is -2.10. The first-order valence-electron chi connectivity index (χ1n) is 6.19. The van der Waals surface area contributed by atoms with Gasteiger partial charge in [0, 0.05) is 18.0 Å². The lowest BCUT2D eigenvalue weighted by atomic mass is 10.1. The molecule has 0 aliphatic carbocycles. The van der Waals surface area contributed by atoms with E-state index in [1.54, 1.807) is 11.5 Å². The van der Waals surface area contributed by atoms with Crippen LogP contribution in [0, 0.1) is 6.92 Å². The van der Waals surface area contributed by atoms with Gasteiger partial charge in [0.25, 0.3) is 5.56 Å². The third-order valence-corrected chi connectivity index (χ3v) is 3.29. The predicted octanol–water partition coefficient (Wildman–Crippen LogP) is 2.44. The summed E-state index contributed by atoms with van der Waals surface area (Å²) in [5, 5.41) is 0.922. The topological polar surface area (TPSA) is 52.2 Å². The fourth-order valence-electron chi connectivity index (χ4n) is 2.46. The molecule has 0 spiro atoms. The number of hydrogen-bond acceptors (Lipinski definition) is 3. The smallest absolute Gasteiger partial charge is 0.266 e. The van der Waals surface area contributed by atoms with Crippen LogP contribution in [0.3, 0.4) is 0 Å². The largest absolute Gasteiger partial charge is 0.460 e. The molecule has 0 aliphatic heterocycles. The van der Waals surface area contributed by atoms with Crippen LogP contribution in [0.4, 0.5) is 0 Å². The van der Waals surface area contributed by atoms with Crippen LogP contribution in [0.1, 0.15) is 12.7 Å². The fraction of sp³-hybridized carbons (Fsp3) is 0.200. The Kier molecular flexibility index (Phi) is 2.52. The number of aromatic nitrogens is 1. The van der Waals surface area contributed by atoms with Crippen LogP contribution in [0.15, 0.2) is 44.3 Å². The Morgan fingerprint density at radius 1 is 1.21 bits per heavy atom. The minimum Gasteiger partial charge on any atom is -0.460 e. The van der Waals surface area contributed by atoms with E-state index in [0.29, 0.717) is 17.9 Å². The Morgan fingerprint density at radius 2 is 1.95 bits per heavy atom. The van der Waals surface area contributed by atoms with E-state index in [9.17, 15) is 9.59 Å². The van der Waals surface area contributed by atoms with E-state index in [-0.39, 0.29) is 16.4 Å². The second kappa shape index (κ2) is 4.09. The second-order valence-electron chi connectivity index (χ2n) is 4.49. The fourth-order valence-corrected chi connectivity index (χ4v) is 2.46. The molecular weight excluding hydrogens is 242 g/mol. The molecule has 0 fully saturated rings. The Labute approximate surface area is 108 Å². The van der Waals surface area contributed by atoms with E-state index in [4.69, 9.17) is 4.42 Å². The summed E-state index contributed by atoms with van der Waals surface area (Å²) < 4.78 is 7.22. The average Bonchev–Trinajstić information content (AvgIpc) is 2.38. The van der Waals surface area contributed by atoms with Crippen LogP contribution in [0.25, 0.3) is 21.9 Å². The van der Waals surface area contributed by atoms with Gasteiger partial charge in [0.15, 0.2) is 11.0 Å². The minimum atomic E-state index is -0.287. The third-order valence-electron chi connectivity index (χ3n) is 3.29. The van der Waals surface area contributed by atoms with Gasteiger partial charge in [-0.2, -0.15) is 0 Å². The van der Waals surface area contributed by atoms with Crippen molar-refractivity contribution in [1.82, 2.24) is 4.57 Å². The first kappa shape index (κ1) is 11.7. The van der Waals surface area contributed by atoms with E-state index in [1.807, 2.05) is 31.2 Å². The Balaban J connectivity index is 2.75. The van der Waals surface area contributed by atoms with Gasteiger partial charge >= 0.3 is 0 Å². The van der Waals surface area contributed by atoms with Gasteiger partial charge < -0.3 is 8.98 Å². The van der Waals surface area contributed by atoms with Crippen molar-refractivity contribution in [1.29, 1.82) is 0 Å². The zero-order valence-electron chi connectivity index (χ0n) is 10.8. The maximum absolute atomic E-state index is 12.4. The molecule has 0 unspecified atom stereocenters. The molecule has 0 atom stereocenters. The molecule has 0 aliphatic rings. The minimum absolute atomic E-state index is 0.131. The van der Waals surface area contributed by atoms with Gasteiger partial charge in [-0.3, -0.25) is 9.59 Å². The molecule has 0 radical (unpaired) electrons. The van der Waals surface area contributed by atoms with Crippen LogP contribution >= 0.6 is 0 Å². The predicted molar refractivity (Wildman–Crippen MR) is 74.7 cm³/mol. The molecule has 4 heteroatoms. The van der Waals surface area contributed by atoms with E-state index >= 15 is 0 Å². The number of fused-ring (bicyclic) bond motifs is 3. The van der Waals surface area contributed by atoms with Gasteiger partial charge in [0.05, 0.1) is 5.52 Å². The van der Waals surface area contributed by atoms with E-state index < -0.39 is 0 Å². The highest BCUT2D eigenvalue weighted by Gasteiger charge is 2.14. The van der Waals surface area contributed by atoms with E-state index in [1.165, 1.54) is 6.07 Å². The molecule has 4 nitrogen and oxygen atoms in total. The Hall–Kier alpha value is -2.36. The van der Waals surface area contributed by atoms with Crippen molar-refractivity contribution in [2.24, 2.45) is 0 Å². The van der Waals surface area contributed by atoms with Crippen molar-refractivity contribution < 1.29 is 4.42 Å². The Morgan fingerprint density at radius 3 is 2.68 bits per heavy atom. The molecule has 0 saturated heterocycles. The summed E-state index contributed by atoms with van der Waals surface area (Å²) in [6.07, 6.45) is 0. The molecule has 3 rings (SSSR count). The molecule has 2 heterocycles. The molecular formula is C15H13NO3. The molecule has 19 heavy (non-hydrogen) atoms. The van der Waals surface area contributed by atoms with E-state index in [0.717, 1.165) is 10.9 Å². The van der Waals surface area contributed by atoms with Gasteiger partial charge in [-0.1, -0.05) is 12.1 Å². The molecule has 0 bridgehead atoms. The van der Waals surface area contributed by atoms with Gasteiger partial charge in [-0.15, -0.1) is 0 Å². The summed E-state index contributed by atoms with van der Waals surface area (Å²) in [4.78, 5) is 24.5. The number of benzene rings is 1. The number of nitrogens with zero attached hydrogens (tertiary/aromatic N) is 1. The number of hydrogen-bond donors (Lipinski definition) is 0. The highest BCUT2D eigenvalue weighted by molar-refractivity contribution is 6.01. The monoisotopic (exact) mass is 255 g/mol. The molecule has 2 aromatic heterocycles. The summed E-state index contributed by atoms with van der Waals surface area (Å²) >= 11 is 0. The van der Waals surface area contributed by atoms with Crippen molar-refractivity contribution in [2.75, 3.05) is 0 Å². The molecule has 1 aromatic carbocycles. The van der Waals surface area contributed by atoms with Crippen LogP contribution < -0.4 is 11.0 Å². The summed E-state index contributed by atoms with van der Waals surface area (Å²) in [6.45, 7) is 4.11. The standard InChI is InChI=1S/C15H13NO3/c1-3-16-11-7-5-4-6-10(11)14-13(15(16)18)12(17)8-9(2)19-14/h4-8H,3H2,1-2H3. The first-order chi connectivity index (χ1) is 9.13. The maximum atomic E-state index is 12.4. The summed E-state index contributed by atoms with van der Waals surface area (Å²) in [6, 6.07) is 8.83. The summed E-state index contributed by atoms with van der Waals surface area (Å²) in [5.41, 5.74) is 0.605. The zero-order chi connectivity index (χ0) is 13.6. The van der Waals surface area contributed by atoms with Crippen LogP contribution in [-0.4, -0.2) is 4.57 Å². The highest BCUT2D eigenvalue weighted by Crippen LogP contribution is 2.21.